The maximum absolute atomic E-state index is 11.5. The van der Waals surface area contributed by atoms with Gasteiger partial charge in [0, 0.05) is 43.7 Å². The molecule has 0 radical (unpaired) electrons. The molecule has 0 aliphatic carbocycles. The Morgan fingerprint density at radius 2 is 2.15 bits per heavy atom. The van der Waals surface area contributed by atoms with Crippen LogP contribution in [0, 0.1) is 0 Å². The maximum atomic E-state index is 11.5. The van der Waals surface area contributed by atoms with Crippen molar-refractivity contribution in [1.29, 1.82) is 0 Å². The van der Waals surface area contributed by atoms with Gasteiger partial charge in [-0.25, -0.2) is 0 Å². The van der Waals surface area contributed by atoms with Gasteiger partial charge in [0.05, 0.1) is 14.2 Å². The molecule has 0 bridgehead atoms. The van der Waals surface area contributed by atoms with Crippen LogP contribution in [0.5, 0.6) is 11.5 Å². The summed E-state index contributed by atoms with van der Waals surface area (Å²) in [6, 6.07) is 6.07. The minimum absolute atomic E-state index is 0.127. The summed E-state index contributed by atoms with van der Waals surface area (Å²) in [5.74, 6) is 1.73. The lowest BCUT2D eigenvalue weighted by Gasteiger charge is -2.26. The van der Waals surface area contributed by atoms with E-state index in [9.17, 15) is 4.79 Å². The molecule has 0 aromatic heterocycles. The standard InChI is InChI=1S/C15H22N2O3/c1-11-8-15(18)16-6-7-17(11)10-12-4-5-13(19-2)9-14(12)20-3/h4-5,9,11H,6-8,10H2,1-3H3,(H,16,18). The molecule has 1 aromatic rings. The zero-order valence-electron chi connectivity index (χ0n) is 12.3. The molecule has 0 saturated carbocycles. The highest BCUT2D eigenvalue weighted by atomic mass is 16.5. The third-order valence-electron chi connectivity index (χ3n) is 3.69. The topological polar surface area (TPSA) is 50.8 Å². The summed E-state index contributed by atoms with van der Waals surface area (Å²) < 4.78 is 10.6. The smallest absolute Gasteiger partial charge is 0.221 e. The van der Waals surface area contributed by atoms with Crippen molar-refractivity contribution in [1.82, 2.24) is 10.2 Å². The molecule has 0 spiro atoms. The Morgan fingerprint density at radius 1 is 1.35 bits per heavy atom. The molecule has 1 amide bonds. The molecule has 1 N–H and O–H groups in total. The molecule has 5 heteroatoms. The normalized spacial score (nSPS) is 20.1. The molecule has 1 heterocycles. The van der Waals surface area contributed by atoms with Crippen molar-refractivity contribution in [3.8, 4) is 11.5 Å². The lowest BCUT2D eigenvalue weighted by Crippen LogP contribution is -2.33. The second-order valence-corrected chi connectivity index (χ2v) is 5.05. The van der Waals surface area contributed by atoms with Gasteiger partial charge < -0.3 is 14.8 Å². The molecule has 1 aliphatic rings. The van der Waals surface area contributed by atoms with Crippen LogP contribution < -0.4 is 14.8 Å². The molecular weight excluding hydrogens is 256 g/mol. The van der Waals surface area contributed by atoms with Gasteiger partial charge in [-0.15, -0.1) is 0 Å². The molecule has 1 unspecified atom stereocenters. The average molecular weight is 278 g/mol. The van der Waals surface area contributed by atoms with Crippen molar-refractivity contribution in [2.75, 3.05) is 27.3 Å². The number of hydrogen-bond acceptors (Lipinski definition) is 4. The van der Waals surface area contributed by atoms with Crippen LogP contribution in [0.15, 0.2) is 18.2 Å². The highest BCUT2D eigenvalue weighted by Gasteiger charge is 2.22. The van der Waals surface area contributed by atoms with Crippen molar-refractivity contribution in [2.45, 2.75) is 25.9 Å². The number of benzene rings is 1. The summed E-state index contributed by atoms with van der Waals surface area (Å²) in [6.45, 7) is 4.40. The first-order valence-corrected chi connectivity index (χ1v) is 6.85. The first kappa shape index (κ1) is 14.7. The third kappa shape index (κ3) is 3.42. The summed E-state index contributed by atoms with van der Waals surface area (Å²) in [7, 11) is 3.30. The summed E-state index contributed by atoms with van der Waals surface area (Å²) in [5.41, 5.74) is 1.11. The second-order valence-electron chi connectivity index (χ2n) is 5.05. The molecule has 20 heavy (non-hydrogen) atoms. The Bertz CT molecular complexity index is 476. The van der Waals surface area contributed by atoms with Crippen LogP contribution in [-0.2, 0) is 11.3 Å². The van der Waals surface area contributed by atoms with E-state index < -0.39 is 0 Å². The van der Waals surface area contributed by atoms with E-state index in [0.717, 1.165) is 30.2 Å². The number of rotatable bonds is 4. The highest BCUT2D eigenvalue weighted by molar-refractivity contribution is 5.76. The molecule has 110 valence electrons. The van der Waals surface area contributed by atoms with E-state index in [-0.39, 0.29) is 11.9 Å². The van der Waals surface area contributed by atoms with Crippen molar-refractivity contribution in [3.63, 3.8) is 0 Å². The molecule has 1 aromatic carbocycles. The van der Waals surface area contributed by atoms with E-state index in [0.29, 0.717) is 13.0 Å². The van der Waals surface area contributed by atoms with E-state index in [1.807, 2.05) is 18.2 Å². The van der Waals surface area contributed by atoms with Crippen molar-refractivity contribution in [2.24, 2.45) is 0 Å². The number of hydrogen-bond donors (Lipinski definition) is 1. The number of carbonyl (C=O) groups is 1. The Kier molecular flexibility index (Phi) is 4.84. The van der Waals surface area contributed by atoms with Gasteiger partial charge in [-0.3, -0.25) is 9.69 Å². The fraction of sp³-hybridized carbons (Fsp3) is 0.533. The third-order valence-corrected chi connectivity index (χ3v) is 3.69. The monoisotopic (exact) mass is 278 g/mol. The fourth-order valence-corrected chi connectivity index (χ4v) is 2.47. The van der Waals surface area contributed by atoms with E-state index in [1.165, 1.54) is 0 Å². The molecule has 1 aliphatic heterocycles. The van der Waals surface area contributed by atoms with Gasteiger partial charge in [0.2, 0.25) is 5.91 Å². The van der Waals surface area contributed by atoms with Gasteiger partial charge in [0.15, 0.2) is 0 Å². The van der Waals surface area contributed by atoms with Gasteiger partial charge >= 0.3 is 0 Å². The molecule has 1 saturated heterocycles. The van der Waals surface area contributed by atoms with Crippen molar-refractivity contribution in [3.05, 3.63) is 23.8 Å². The Morgan fingerprint density at radius 3 is 2.85 bits per heavy atom. The van der Waals surface area contributed by atoms with E-state index in [4.69, 9.17) is 9.47 Å². The predicted octanol–water partition coefficient (Wildman–Crippen LogP) is 1.41. The zero-order valence-corrected chi connectivity index (χ0v) is 12.3. The second kappa shape index (κ2) is 6.61. The van der Waals surface area contributed by atoms with Crippen molar-refractivity contribution >= 4 is 5.91 Å². The largest absolute Gasteiger partial charge is 0.497 e. The molecule has 1 fully saturated rings. The summed E-state index contributed by atoms with van der Waals surface area (Å²) in [6.07, 6.45) is 0.540. The minimum Gasteiger partial charge on any atom is -0.497 e. The van der Waals surface area contributed by atoms with Crippen LogP contribution in [-0.4, -0.2) is 44.2 Å². The Hall–Kier alpha value is -1.75. The van der Waals surface area contributed by atoms with E-state index in [2.05, 4.69) is 17.1 Å². The van der Waals surface area contributed by atoms with Crippen LogP contribution in [0.25, 0.3) is 0 Å². The number of amides is 1. The van der Waals surface area contributed by atoms with E-state index in [1.54, 1.807) is 14.2 Å². The minimum atomic E-state index is 0.127. The van der Waals surface area contributed by atoms with Gasteiger partial charge in [-0.2, -0.15) is 0 Å². The fourth-order valence-electron chi connectivity index (χ4n) is 2.47. The van der Waals surface area contributed by atoms with Gasteiger partial charge in [0.25, 0.3) is 0 Å². The SMILES string of the molecule is COc1ccc(CN2CCNC(=O)CC2C)c(OC)c1. The van der Waals surface area contributed by atoms with E-state index >= 15 is 0 Å². The quantitative estimate of drug-likeness (QED) is 0.905. The number of methoxy groups -OCH3 is 2. The van der Waals surface area contributed by atoms with Gasteiger partial charge in [-0.1, -0.05) is 6.07 Å². The molecule has 1 atom stereocenters. The first-order chi connectivity index (χ1) is 9.63. The van der Waals surface area contributed by atoms with Gasteiger partial charge in [-0.05, 0) is 13.0 Å². The van der Waals surface area contributed by atoms with Crippen LogP contribution in [0.1, 0.15) is 18.9 Å². The number of carbonyl (C=O) groups excluding carboxylic acids is 1. The predicted molar refractivity (Wildman–Crippen MR) is 77.0 cm³/mol. The number of ether oxygens (including phenoxy) is 2. The van der Waals surface area contributed by atoms with Crippen LogP contribution >= 0.6 is 0 Å². The van der Waals surface area contributed by atoms with Gasteiger partial charge in [0.1, 0.15) is 11.5 Å². The number of nitrogens with zero attached hydrogens (tertiary/aromatic N) is 1. The Labute approximate surface area is 119 Å². The maximum Gasteiger partial charge on any atom is 0.221 e. The summed E-state index contributed by atoms with van der Waals surface area (Å²) in [4.78, 5) is 13.8. The lowest BCUT2D eigenvalue weighted by molar-refractivity contribution is -0.121. The first-order valence-electron chi connectivity index (χ1n) is 6.85. The Balaban J connectivity index is 2.14. The lowest BCUT2D eigenvalue weighted by atomic mass is 10.1. The summed E-state index contributed by atoms with van der Waals surface area (Å²) in [5, 5.41) is 2.91. The summed E-state index contributed by atoms with van der Waals surface area (Å²) >= 11 is 0. The van der Waals surface area contributed by atoms with Crippen LogP contribution in [0.2, 0.25) is 0 Å². The number of nitrogens with one attached hydrogen (secondary N) is 1. The molecule has 2 rings (SSSR count). The average Bonchev–Trinajstić information content (AvgIpc) is 2.60. The van der Waals surface area contributed by atoms with Crippen LogP contribution in [0.3, 0.4) is 0 Å². The van der Waals surface area contributed by atoms with Crippen molar-refractivity contribution < 1.29 is 14.3 Å². The van der Waals surface area contributed by atoms with Crippen LogP contribution in [0.4, 0.5) is 0 Å². The molecule has 5 nitrogen and oxygen atoms in total. The highest BCUT2D eigenvalue weighted by Crippen LogP contribution is 2.26. The zero-order chi connectivity index (χ0) is 14.5. The molecular formula is C15H22N2O3.